The number of amides is 1. The molecule has 1 aliphatic rings. The van der Waals surface area contributed by atoms with Crippen molar-refractivity contribution in [2.24, 2.45) is 5.73 Å². The van der Waals surface area contributed by atoms with Gasteiger partial charge in [0.25, 0.3) is 5.91 Å². The van der Waals surface area contributed by atoms with Crippen molar-refractivity contribution in [2.45, 2.75) is 26.2 Å². The molecule has 0 unspecified atom stereocenters. The molecule has 0 spiro atoms. The number of halogens is 1. The predicted octanol–water partition coefficient (Wildman–Crippen LogP) is 7.09. The molecule has 0 aliphatic carbocycles. The van der Waals surface area contributed by atoms with E-state index in [2.05, 4.69) is 96.0 Å². The minimum absolute atomic E-state index is 0. The lowest BCUT2D eigenvalue weighted by atomic mass is 9.83. The first kappa shape index (κ1) is 26.0. The van der Waals surface area contributed by atoms with Crippen molar-refractivity contribution >= 4 is 56.3 Å². The van der Waals surface area contributed by atoms with Crippen LogP contribution in [0.15, 0.2) is 78.9 Å². The van der Waals surface area contributed by atoms with Crippen LogP contribution in [0.5, 0.6) is 0 Å². The molecule has 38 heavy (non-hydrogen) atoms. The lowest BCUT2D eigenvalue weighted by molar-refractivity contribution is 0.1000. The van der Waals surface area contributed by atoms with Gasteiger partial charge in [0.05, 0.1) is 11.3 Å². The summed E-state index contributed by atoms with van der Waals surface area (Å²) in [5, 5.41) is 10.5. The van der Waals surface area contributed by atoms with E-state index in [0.29, 0.717) is 5.56 Å². The van der Waals surface area contributed by atoms with Crippen LogP contribution in [0.3, 0.4) is 0 Å². The summed E-state index contributed by atoms with van der Waals surface area (Å²) in [6, 6.07) is 28.1. The minimum Gasteiger partial charge on any atom is -0.368 e. The molecule has 0 atom stereocenters. The van der Waals surface area contributed by atoms with Gasteiger partial charge in [-0.1, -0.05) is 80.1 Å². The maximum absolute atomic E-state index is 13.4. The van der Waals surface area contributed by atoms with Crippen molar-refractivity contribution < 1.29 is 4.79 Å². The monoisotopic (exact) mass is 523 g/mol. The van der Waals surface area contributed by atoms with Gasteiger partial charge >= 0.3 is 0 Å². The number of primary amides is 1. The van der Waals surface area contributed by atoms with Crippen molar-refractivity contribution in [2.75, 3.05) is 31.1 Å². The Morgan fingerprint density at radius 1 is 0.842 bits per heavy atom. The van der Waals surface area contributed by atoms with E-state index < -0.39 is 0 Å². The number of carbonyl (C=O) groups excluding carboxylic acids is 1. The number of rotatable bonds is 6. The Morgan fingerprint density at radius 3 is 2.16 bits per heavy atom. The molecule has 1 saturated heterocycles. The van der Waals surface area contributed by atoms with E-state index in [1.807, 2.05) is 0 Å². The summed E-state index contributed by atoms with van der Waals surface area (Å²) in [6.45, 7) is 5.69. The average Bonchev–Trinajstić information content (AvgIpc) is 2.94. The van der Waals surface area contributed by atoms with Gasteiger partial charge < -0.3 is 16.0 Å². The van der Waals surface area contributed by atoms with Gasteiger partial charge in [0.15, 0.2) is 0 Å². The molecule has 6 rings (SSSR count). The summed E-state index contributed by atoms with van der Waals surface area (Å²) in [5.41, 5.74) is 11.4. The zero-order valence-electron chi connectivity index (χ0n) is 21.8. The van der Waals surface area contributed by atoms with Crippen LogP contribution in [-0.4, -0.2) is 32.1 Å². The number of nitrogens with two attached hydrogens (primary N) is 1. The van der Waals surface area contributed by atoms with E-state index in [0.717, 1.165) is 67.6 Å². The van der Waals surface area contributed by atoms with Crippen molar-refractivity contribution in [1.29, 1.82) is 0 Å². The van der Waals surface area contributed by atoms with Crippen molar-refractivity contribution in [1.82, 2.24) is 5.32 Å². The van der Waals surface area contributed by atoms with Gasteiger partial charge in [-0.3, -0.25) is 4.79 Å². The number of nitrogens with one attached hydrogen (secondary N) is 1. The summed E-state index contributed by atoms with van der Waals surface area (Å²) in [4.78, 5) is 15.8. The molecule has 0 saturated carbocycles. The third-order valence-electron chi connectivity index (χ3n) is 7.77. The predicted molar refractivity (Wildman–Crippen MR) is 164 cm³/mol. The second-order valence-electron chi connectivity index (χ2n) is 10.1. The number of piperazine rings is 1. The molecule has 4 nitrogen and oxygen atoms in total. The SMILES string of the molecule is CCCCc1c(C(N)=O)c(N2CCNCC2)c2cc3ccccc3cc2c1-c1cccc2ccccc12.Cl. The minimum atomic E-state index is -0.337. The third-order valence-corrected chi connectivity index (χ3v) is 7.77. The van der Waals surface area contributed by atoms with E-state index in [-0.39, 0.29) is 18.3 Å². The normalized spacial score (nSPS) is 13.7. The summed E-state index contributed by atoms with van der Waals surface area (Å²) < 4.78 is 0. The van der Waals surface area contributed by atoms with Gasteiger partial charge in [-0.2, -0.15) is 0 Å². The molecular formula is C33H34ClN3O. The molecule has 194 valence electrons. The standard InChI is InChI=1S/C33H33N3O.ClH/c1-2-3-13-27-30(26-15-8-12-22-9-6-7-14-25(22)26)28-20-23-10-4-5-11-24(23)21-29(28)32(31(27)33(34)37)36-18-16-35-17-19-36;/h4-12,14-15,20-21,35H,2-3,13,16-19H2,1H3,(H2,34,37);1H. The fourth-order valence-electron chi connectivity index (χ4n) is 6.05. The summed E-state index contributed by atoms with van der Waals surface area (Å²) >= 11 is 0. The van der Waals surface area contributed by atoms with Gasteiger partial charge in [-0.25, -0.2) is 0 Å². The zero-order valence-corrected chi connectivity index (χ0v) is 22.6. The Labute approximate surface area is 230 Å². The first-order valence-electron chi connectivity index (χ1n) is 13.4. The number of anilines is 1. The first-order valence-corrected chi connectivity index (χ1v) is 13.4. The lowest BCUT2D eigenvalue weighted by Gasteiger charge is -2.34. The van der Waals surface area contributed by atoms with Crippen molar-refractivity contribution in [3.8, 4) is 11.1 Å². The van der Waals surface area contributed by atoms with Crippen LogP contribution in [0.4, 0.5) is 5.69 Å². The van der Waals surface area contributed by atoms with Gasteiger partial charge in [0.2, 0.25) is 0 Å². The molecule has 5 aromatic carbocycles. The number of unbranched alkanes of at least 4 members (excludes halogenated alkanes) is 1. The highest BCUT2D eigenvalue weighted by Crippen LogP contribution is 2.45. The average molecular weight is 524 g/mol. The Balaban J connectivity index is 0.00000294. The fourth-order valence-corrected chi connectivity index (χ4v) is 6.05. The Bertz CT molecular complexity index is 1630. The van der Waals surface area contributed by atoms with Gasteiger partial charge in [0.1, 0.15) is 0 Å². The van der Waals surface area contributed by atoms with Gasteiger partial charge in [-0.05, 0) is 68.6 Å². The van der Waals surface area contributed by atoms with Crippen LogP contribution in [0, 0.1) is 0 Å². The number of nitrogens with zero attached hydrogens (tertiary/aromatic N) is 1. The molecular weight excluding hydrogens is 490 g/mol. The van der Waals surface area contributed by atoms with E-state index in [1.165, 1.54) is 32.5 Å². The molecule has 5 heteroatoms. The molecule has 0 bridgehead atoms. The smallest absolute Gasteiger partial charge is 0.251 e. The Kier molecular flexibility index (Phi) is 7.55. The number of hydrogen-bond acceptors (Lipinski definition) is 3. The van der Waals surface area contributed by atoms with Crippen LogP contribution in [0.25, 0.3) is 43.4 Å². The Morgan fingerprint density at radius 2 is 1.47 bits per heavy atom. The van der Waals surface area contributed by atoms with Crippen LogP contribution >= 0.6 is 12.4 Å². The summed E-state index contributed by atoms with van der Waals surface area (Å²) in [6.07, 6.45) is 2.86. The second kappa shape index (κ2) is 11.0. The van der Waals surface area contributed by atoms with Gasteiger partial charge in [-0.15, -0.1) is 12.4 Å². The molecule has 5 aromatic rings. The molecule has 1 fully saturated rings. The second-order valence-corrected chi connectivity index (χ2v) is 10.1. The van der Waals surface area contributed by atoms with Crippen molar-refractivity contribution in [3.63, 3.8) is 0 Å². The maximum Gasteiger partial charge on any atom is 0.251 e. The number of carbonyl (C=O) groups is 1. The van der Waals surface area contributed by atoms with Crippen LogP contribution in [0.1, 0.15) is 35.7 Å². The number of hydrogen-bond donors (Lipinski definition) is 2. The molecule has 1 heterocycles. The van der Waals surface area contributed by atoms with Crippen LogP contribution in [-0.2, 0) is 6.42 Å². The molecule has 3 N–H and O–H groups in total. The third kappa shape index (κ3) is 4.48. The molecule has 1 aliphatic heterocycles. The molecule has 0 radical (unpaired) electrons. The zero-order chi connectivity index (χ0) is 25.4. The highest BCUT2D eigenvalue weighted by atomic mass is 35.5. The van der Waals surface area contributed by atoms with Crippen molar-refractivity contribution in [3.05, 3.63) is 90.0 Å². The molecule has 0 aromatic heterocycles. The lowest BCUT2D eigenvalue weighted by Crippen LogP contribution is -2.44. The van der Waals surface area contributed by atoms with Gasteiger partial charge in [0, 0.05) is 31.6 Å². The Hall–Kier alpha value is -3.60. The van der Waals surface area contributed by atoms with Crippen LogP contribution < -0.4 is 16.0 Å². The highest BCUT2D eigenvalue weighted by Gasteiger charge is 2.28. The first-order chi connectivity index (χ1) is 18.2. The maximum atomic E-state index is 13.4. The number of fused-ring (bicyclic) bond motifs is 3. The quantitative estimate of drug-likeness (QED) is 0.234. The summed E-state index contributed by atoms with van der Waals surface area (Å²) in [5.74, 6) is -0.337. The fraction of sp³-hybridized carbons (Fsp3) is 0.242. The largest absolute Gasteiger partial charge is 0.368 e. The van der Waals surface area contributed by atoms with E-state index >= 15 is 0 Å². The topological polar surface area (TPSA) is 58.4 Å². The molecule has 1 amide bonds. The van der Waals surface area contributed by atoms with E-state index in [9.17, 15) is 4.79 Å². The van der Waals surface area contributed by atoms with E-state index in [4.69, 9.17) is 5.73 Å². The van der Waals surface area contributed by atoms with E-state index in [1.54, 1.807) is 0 Å². The number of benzene rings is 5. The summed E-state index contributed by atoms with van der Waals surface area (Å²) in [7, 11) is 0. The van der Waals surface area contributed by atoms with Crippen LogP contribution in [0.2, 0.25) is 0 Å². The highest BCUT2D eigenvalue weighted by molar-refractivity contribution is 6.19.